The van der Waals surface area contributed by atoms with Crippen molar-refractivity contribution in [1.82, 2.24) is 20.5 Å². The van der Waals surface area contributed by atoms with Gasteiger partial charge in [0, 0.05) is 0 Å². The first-order chi connectivity index (χ1) is 6.04. The molecular weight excluding hydrogens is 168 g/mol. The van der Waals surface area contributed by atoms with Crippen molar-refractivity contribution in [2.75, 3.05) is 7.11 Å². The molecule has 1 aromatic heterocycles. The SMILES string of the molecule is CONCc1cn(C(C)(C)C)nn1. The molecule has 1 rings (SSSR count). The van der Waals surface area contributed by atoms with Crippen molar-refractivity contribution in [3.63, 3.8) is 0 Å². The first kappa shape index (κ1) is 10.1. The molecule has 0 saturated heterocycles. The summed E-state index contributed by atoms with van der Waals surface area (Å²) in [5.74, 6) is 0. The predicted molar refractivity (Wildman–Crippen MR) is 48.9 cm³/mol. The highest BCUT2D eigenvalue weighted by Gasteiger charge is 2.14. The van der Waals surface area contributed by atoms with E-state index in [0.717, 1.165) is 5.69 Å². The van der Waals surface area contributed by atoms with Crippen molar-refractivity contribution in [3.8, 4) is 0 Å². The van der Waals surface area contributed by atoms with Crippen LogP contribution >= 0.6 is 0 Å². The van der Waals surface area contributed by atoms with Crippen LogP contribution in [-0.2, 0) is 16.9 Å². The Bertz CT molecular complexity index is 263. The van der Waals surface area contributed by atoms with Crippen molar-refractivity contribution in [2.24, 2.45) is 0 Å². The zero-order valence-corrected chi connectivity index (χ0v) is 8.53. The van der Waals surface area contributed by atoms with E-state index in [1.165, 1.54) is 0 Å². The number of rotatable bonds is 3. The topological polar surface area (TPSA) is 52.0 Å². The van der Waals surface area contributed by atoms with Crippen molar-refractivity contribution in [2.45, 2.75) is 32.9 Å². The first-order valence-electron chi connectivity index (χ1n) is 4.21. The van der Waals surface area contributed by atoms with Crippen LogP contribution in [0.3, 0.4) is 0 Å². The molecule has 0 aromatic carbocycles. The average Bonchev–Trinajstić information content (AvgIpc) is 2.47. The number of nitrogens with zero attached hydrogens (tertiary/aromatic N) is 3. The van der Waals surface area contributed by atoms with Gasteiger partial charge in [-0.3, -0.25) is 0 Å². The third-order valence-corrected chi connectivity index (χ3v) is 1.63. The molecule has 0 aliphatic heterocycles. The van der Waals surface area contributed by atoms with Gasteiger partial charge in [0.15, 0.2) is 0 Å². The fourth-order valence-corrected chi connectivity index (χ4v) is 0.853. The van der Waals surface area contributed by atoms with Crippen LogP contribution < -0.4 is 5.48 Å². The quantitative estimate of drug-likeness (QED) is 0.702. The lowest BCUT2D eigenvalue weighted by Gasteiger charge is -2.17. The number of hydrogen-bond acceptors (Lipinski definition) is 4. The first-order valence-corrected chi connectivity index (χ1v) is 4.21. The normalized spacial score (nSPS) is 12.0. The molecule has 1 heterocycles. The highest BCUT2D eigenvalue weighted by Crippen LogP contribution is 2.11. The smallest absolute Gasteiger partial charge is 0.0988 e. The number of hydroxylamine groups is 1. The van der Waals surface area contributed by atoms with E-state index in [4.69, 9.17) is 4.84 Å². The molecule has 0 aliphatic carbocycles. The highest BCUT2D eigenvalue weighted by molar-refractivity contribution is 4.93. The van der Waals surface area contributed by atoms with Crippen molar-refractivity contribution in [1.29, 1.82) is 0 Å². The van der Waals surface area contributed by atoms with E-state index in [1.807, 2.05) is 10.9 Å². The second-order valence-corrected chi connectivity index (χ2v) is 3.85. The third-order valence-electron chi connectivity index (χ3n) is 1.63. The van der Waals surface area contributed by atoms with Crippen molar-refractivity contribution >= 4 is 0 Å². The maximum absolute atomic E-state index is 4.71. The van der Waals surface area contributed by atoms with E-state index >= 15 is 0 Å². The Morgan fingerprint density at radius 3 is 2.69 bits per heavy atom. The third kappa shape index (κ3) is 2.78. The molecule has 5 heteroatoms. The Balaban J connectivity index is 2.64. The predicted octanol–water partition coefficient (Wildman–Crippen LogP) is 0.684. The number of aromatic nitrogens is 3. The summed E-state index contributed by atoms with van der Waals surface area (Å²) in [7, 11) is 1.58. The van der Waals surface area contributed by atoms with E-state index in [2.05, 4.69) is 36.6 Å². The monoisotopic (exact) mass is 184 g/mol. The lowest BCUT2D eigenvalue weighted by atomic mass is 10.1. The van der Waals surface area contributed by atoms with Crippen LogP contribution in [0.2, 0.25) is 0 Å². The number of nitrogens with one attached hydrogen (secondary N) is 1. The summed E-state index contributed by atoms with van der Waals surface area (Å²) in [5, 5.41) is 8.00. The molecule has 0 amide bonds. The van der Waals surface area contributed by atoms with Crippen LogP contribution in [0.15, 0.2) is 6.20 Å². The second kappa shape index (κ2) is 3.85. The largest absolute Gasteiger partial charge is 0.305 e. The van der Waals surface area contributed by atoms with E-state index < -0.39 is 0 Å². The zero-order chi connectivity index (χ0) is 9.90. The summed E-state index contributed by atoms with van der Waals surface area (Å²) in [6, 6.07) is 0. The summed E-state index contributed by atoms with van der Waals surface area (Å²) in [6.45, 7) is 6.81. The Morgan fingerprint density at radius 1 is 1.54 bits per heavy atom. The van der Waals surface area contributed by atoms with Crippen LogP contribution in [0, 0.1) is 0 Å². The summed E-state index contributed by atoms with van der Waals surface area (Å²) in [4.78, 5) is 4.71. The molecule has 0 fully saturated rings. The van der Waals surface area contributed by atoms with Gasteiger partial charge >= 0.3 is 0 Å². The van der Waals surface area contributed by atoms with Gasteiger partial charge in [0.25, 0.3) is 0 Å². The molecule has 0 spiro atoms. The van der Waals surface area contributed by atoms with Crippen LogP contribution in [0.1, 0.15) is 26.5 Å². The molecule has 1 aromatic rings. The van der Waals surface area contributed by atoms with E-state index in [0.29, 0.717) is 6.54 Å². The molecule has 0 atom stereocenters. The van der Waals surface area contributed by atoms with Gasteiger partial charge in [-0.1, -0.05) is 5.21 Å². The lowest BCUT2D eigenvalue weighted by Crippen LogP contribution is -2.22. The van der Waals surface area contributed by atoms with Gasteiger partial charge in [0.05, 0.1) is 31.1 Å². The maximum atomic E-state index is 4.71. The average molecular weight is 184 g/mol. The molecule has 1 N–H and O–H groups in total. The summed E-state index contributed by atoms with van der Waals surface area (Å²) in [6.07, 6.45) is 1.91. The second-order valence-electron chi connectivity index (χ2n) is 3.85. The minimum absolute atomic E-state index is 0.0156. The molecule has 0 aliphatic rings. The van der Waals surface area contributed by atoms with Gasteiger partial charge in [-0.05, 0) is 20.8 Å². The van der Waals surface area contributed by atoms with Crippen LogP contribution in [0.25, 0.3) is 0 Å². The van der Waals surface area contributed by atoms with Crippen molar-refractivity contribution in [3.05, 3.63) is 11.9 Å². The van der Waals surface area contributed by atoms with Gasteiger partial charge in [0.2, 0.25) is 0 Å². The Hall–Kier alpha value is -0.940. The van der Waals surface area contributed by atoms with Gasteiger partial charge in [-0.25, -0.2) is 4.68 Å². The molecule has 5 nitrogen and oxygen atoms in total. The van der Waals surface area contributed by atoms with Gasteiger partial charge < -0.3 is 4.84 Å². The molecule has 13 heavy (non-hydrogen) atoms. The van der Waals surface area contributed by atoms with E-state index in [9.17, 15) is 0 Å². The molecule has 0 saturated carbocycles. The molecule has 74 valence electrons. The minimum atomic E-state index is -0.0156. The van der Waals surface area contributed by atoms with Crippen molar-refractivity contribution < 1.29 is 4.84 Å². The molecule has 0 bridgehead atoms. The molecule has 0 unspecified atom stereocenters. The Labute approximate surface area is 78.0 Å². The fourth-order valence-electron chi connectivity index (χ4n) is 0.853. The maximum Gasteiger partial charge on any atom is 0.0988 e. The van der Waals surface area contributed by atoms with E-state index in [-0.39, 0.29) is 5.54 Å². The van der Waals surface area contributed by atoms with Crippen LogP contribution in [0.5, 0.6) is 0 Å². The highest BCUT2D eigenvalue weighted by atomic mass is 16.6. The van der Waals surface area contributed by atoms with Gasteiger partial charge in [0.1, 0.15) is 0 Å². The van der Waals surface area contributed by atoms with Gasteiger partial charge in [-0.2, -0.15) is 5.48 Å². The van der Waals surface area contributed by atoms with Crippen LogP contribution in [-0.4, -0.2) is 22.1 Å². The minimum Gasteiger partial charge on any atom is -0.305 e. The molecule has 0 radical (unpaired) electrons. The molecular formula is C8H16N4O. The van der Waals surface area contributed by atoms with E-state index in [1.54, 1.807) is 7.11 Å². The number of hydrogen-bond donors (Lipinski definition) is 1. The lowest BCUT2D eigenvalue weighted by molar-refractivity contribution is 0.0858. The fraction of sp³-hybridized carbons (Fsp3) is 0.750. The summed E-state index contributed by atoms with van der Waals surface area (Å²) >= 11 is 0. The van der Waals surface area contributed by atoms with Gasteiger partial charge in [-0.15, -0.1) is 5.10 Å². The Kier molecular flexibility index (Phi) is 3.00. The summed E-state index contributed by atoms with van der Waals surface area (Å²) in [5.41, 5.74) is 3.57. The standard InChI is InChI=1S/C8H16N4O/c1-8(2,3)12-6-7(10-11-12)5-9-13-4/h6,9H,5H2,1-4H3. The van der Waals surface area contributed by atoms with Crippen LogP contribution in [0.4, 0.5) is 0 Å². The Morgan fingerprint density at radius 2 is 2.23 bits per heavy atom. The zero-order valence-electron chi connectivity index (χ0n) is 8.53. The summed E-state index contributed by atoms with van der Waals surface area (Å²) < 4.78 is 1.83.